The fourth-order valence-corrected chi connectivity index (χ4v) is 1.70. The van der Waals surface area contributed by atoms with Gasteiger partial charge in [0.05, 0.1) is 0 Å². The van der Waals surface area contributed by atoms with E-state index in [4.69, 9.17) is 16.6 Å². The fourth-order valence-electron chi connectivity index (χ4n) is 1.57. The lowest BCUT2D eigenvalue weighted by molar-refractivity contribution is 0.549. The molecule has 0 amide bonds. The van der Waals surface area contributed by atoms with E-state index in [9.17, 15) is 4.79 Å². The number of nitrogens with one attached hydrogen (secondary N) is 1. The number of hydrogen-bond donors (Lipinski definition) is 1. The zero-order chi connectivity index (χ0) is 11.7. The summed E-state index contributed by atoms with van der Waals surface area (Å²) >= 11 is 4.77. The van der Waals surface area contributed by atoms with Gasteiger partial charge in [-0.05, 0) is 38.2 Å². The van der Waals surface area contributed by atoms with Gasteiger partial charge in [0.2, 0.25) is 0 Å². The molecule has 2 aromatic heterocycles. The molecule has 2 rings (SSSR count). The van der Waals surface area contributed by atoms with Gasteiger partial charge in [-0.1, -0.05) is 0 Å². The second-order valence-electron chi connectivity index (χ2n) is 3.36. The standard InChI is InChI=1S/C10H11N3O2S/c1-3-13-6(2)4-5-7(9(13)14)8-11-12-10(16)15-8/h4-5H,3H2,1-2H3,(H,12,16). The van der Waals surface area contributed by atoms with Gasteiger partial charge in [-0.3, -0.25) is 4.79 Å². The largest absolute Gasteiger partial charge is 0.409 e. The summed E-state index contributed by atoms with van der Waals surface area (Å²) in [6.45, 7) is 4.41. The summed E-state index contributed by atoms with van der Waals surface area (Å²) in [5.74, 6) is 0.234. The molecule has 0 bridgehead atoms. The number of rotatable bonds is 2. The molecule has 0 fully saturated rings. The molecule has 16 heavy (non-hydrogen) atoms. The number of aryl methyl sites for hydroxylation is 1. The number of nitrogens with zero attached hydrogens (tertiary/aromatic N) is 2. The Labute approximate surface area is 96.7 Å². The molecule has 0 atom stereocenters. The molecule has 84 valence electrons. The first-order chi connectivity index (χ1) is 7.63. The van der Waals surface area contributed by atoms with E-state index >= 15 is 0 Å². The van der Waals surface area contributed by atoms with E-state index in [0.29, 0.717) is 12.1 Å². The van der Waals surface area contributed by atoms with Crippen LogP contribution in [0.1, 0.15) is 12.6 Å². The maximum Gasteiger partial charge on any atom is 0.284 e. The zero-order valence-electron chi connectivity index (χ0n) is 8.98. The highest BCUT2D eigenvalue weighted by Crippen LogP contribution is 2.12. The molecule has 0 aliphatic carbocycles. The minimum absolute atomic E-state index is 0.118. The summed E-state index contributed by atoms with van der Waals surface area (Å²) in [4.78, 5) is 12.2. The number of aromatic amines is 1. The minimum Gasteiger partial charge on any atom is -0.409 e. The fraction of sp³-hybridized carbons (Fsp3) is 0.300. The summed E-state index contributed by atoms with van der Waals surface area (Å²) in [5, 5.41) is 6.34. The number of aromatic nitrogens is 3. The predicted molar refractivity (Wildman–Crippen MR) is 61.8 cm³/mol. The maximum atomic E-state index is 12.0. The van der Waals surface area contributed by atoms with Gasteiger partial charge in [-0.25, -0.2) is 5.10 Å². The van der Waals surface area contributed by atoms with Crippen molar-refractivity contribution in [3.63, 3.8) is 0 Å². The Bertz CT molecular complexity index is 623. The molecule has 0 aliphatic rings. The highest BCUT2D eigenvalue weighted by Gasteiger charge is 2.11. The highest BCUT2D eigenvalue weighted by molar-refractivity contribution is 7.71. The van der Waals surface area contributed by atoms with Crippen molar-refractivity contribution in [2.75, 3.05) is 0 Å². The number of H-pyrrole nitrogens is 1. The molecular formula is C10H11N3O2S. The van der Waals surface area contributed by atoms with Crippen molar-refractivity contribution in [2.24, 2.45) is 0 Å². The Balaban J connectivity index is 2.68. The summed E-state index contributed by atoms with van der Waals surface area (Å²) < 4.78 is 6.78. The van der Waals surface area contributed by atoms with Crippen LogP contribution in [0.5, 0.6) is 0 Å². The van der Waals surface area contributed by atoms with Crippen LogP contribution in [0.25, 0.3) is 11.5 Å². The summed E-state index contributed by atoms with van der Waals surface area (Å²) in [7, 11) is 0. The SMILES string of the molecule is CCn1c(C)ccc(-c2n[nH]c(=S)o2)c1=O. The van der Waals surface area contributed by atoms with Crippen LogP contribution in [0.3, 0.4) is 0 Å². The molecule has 1 N–H and O–H groups in total. The van der Waals surface area contributed by atoms with E-state index in [1.165, 1.54) is 0 Å². The van der Waals surface area contributed by atoms with E-state index in [1.807, 2.05) is 19.9 Å². The van der Waals surface area contributed by atoms with Crippen LogP contribution in [0.2, 0.25) is 0 Å². The number of pyridine rings is 1. The number of hydrogen-bond acceptors (Lipinski definition) is 4. The predicted octanol–water partition coefficient (Wildman–Crippen LogP) is 1.89. The van der Waals surface area contributed by atoms with Crippen LogP contribution in [0, 0.1) is 11.8 Å². The Morgan fingerprint density at radius 3 is 2.88 bits per heavy atom. The van der Waals surface area contributed by atoms with Gasteiger partial charge < -0.3 is 8.98 Å². The Kier molecular flexibility index (Phi) is 2.74. The molecule has 2 aromatic rings. The summed E-state index contributed by atoms with van der Waals surface area (Å²) in [6.07, 6.45) is 0. The van der Waals surface area contributed by atoms with Crippen LogP contribution >= 0.6 is 12.2 Å². The van der Waals surface area contributed by atoms with Gasteiger partial charge in [0, 0.05) is 12.2 Å². The first-order valence-electron chi connectivity index (χ1n) is 4.89. The Morgan fingerprint density at radius 1 is 1.56 bits per heavy atom. The van der Waals surface area contributed by atoms with Crippen LogP contribution in [0.4, 0.5) is 0 Å². The van der Waals surface area contributed by atoms with Crippen LogP contribution in [-0.2, 0) is 6.54 Å². The van der Waals surface area contributed by atoms with Crippen molar-refractivity contribution in [1.29, 1.82) is 0 Å². The normalized spacial score (nSPS) is 10.6. The first-order valence-corrected chi connectivity index (χ1v) is 5.30. The smallest absolute Gasteiger partial charge is 0.284 e. The van der Waals surface area contributed by atoms with Crippen molar-refractivity contribution in [2.45, 2.75) is 20.4 Å². The van der Waals surface area contributed by atoms with E-state index in [2.05, 4.69) is 10.2 Å². The van der Waals surface area contributed by atoms with Crippen LogP contribution < -0.4 is 5.56 Å². The molecule has 5 nitrogen and oxygen atoms in total. The van der Waals surface area contributed by atoms with Crippen LogP contribution in [0.15, 0.2) is 21.3 Å². The lowest BCUT2D eigenvalue weighted by Gasteiger charge is -2.07. The minimum atomic E-state index is -0.118. The Hall–Kier alpha value is -1.69. The van der Waals surface area contributed by atoms with Gasteiger partial charge in [0.15, 0.2) is 0 Å². The molecule has 2 heterocycles. The van der Waals surface area contributed by atoms with Crippen molar-refractivity contribution in [1.82, 2.24) is 14.8 Å². The van der Waals surface area contributed by atoms with E-state index in [-0.39, 0.29) is 16.3 Å². The second-order valence-corrected chi connectivity index (χ2v) is 3.73. The average molecular weight is 237 g/mol. The van der Waals surface area contributed by atoms with Crippen molar-refractivity contribution >= 4 is 12.2 Å². The molecule has 0 saturated carbocycles. The second kappa shape index (κ2) is 4.05. The summed E-state index contributed by atoms with van der Waals surface area (Å²) in [5.41, 5.74) is 1.21. The van der Waals surface area contributed by atoms with Crippen molar-refractivity contribution in [3.8, 4) is 11.5 Å². The van der Waals surface area contributed by atoms with Crippen molar-refractivity contribution in [3.05, 3.63) is 33.0 Å². The zero-order valence-corrected chi connectivity index (χ0v) is 9.80. The molecule has 0 radical (unpaired) electrons. The maximum absolute atomic E-state index is 12.0. The van der Waals surface area contributed by atoms with Gasteiger partial charge in [-0.2, -0.15) is 0 Å². The van der Waals surface area contributed by atoms with Gasteiger partial charge in [0.25, 0.3) is 16.3 Å². The molecule has 0 aliphatic heterocycles. The molecule has 6 heteroatoms. The van der Waals surface area contributed by atoms with E-state index in [1.54, 1.807) is 10.6 Å². The summed E-state index contributed by atoms with van der Waals surface area (Å²) in [6, 6.07) is 3.55. The lowest BCUT2D eigenvalue weighted by Crippen LogP contribution is -2.22. The van der Waals surface area contributed by atoms with Gasteiger partial charge in [-0.15, -0.1) is 5.10 Å². The molecule has 0 aromatic carbocycles. The van der Waals surface area contributed by atoms with Gasteiger partial charge >= 0.3 is 0 Å². The third kappa shape index (κ3) is 1.71. The first kappa shape index (κ1) is 10.8. The van der Waals surface area contributed by atoms with Gasteiger partial charge in [0.1, 0.15) is 5.56 Å². The van der Waals surface area contributed by atoms with Crippen molar-refractivity contribution < 1.29 is 4.42 Å². The van der Waals surface area contributed by atoms with E-state index in [0.717, 1.165) is 5.69 Å². The quantitative estimate of drug-likeness (QED) is 0.810. The molecule has 0 saturated heterocycles. The molecule has 0 spiro atoms. The van der Waals surface area contributed by atoms with E-state index < -0.39 is 0 Å². The Morgan fingerprint density at radius 2 is 2.31 bits per heavy atom. The average Bonchev–Trinajstić information content (AvgIpc) is 2.65. The van der Waals surface area contributed by atoms with Crippen LogP contribution in [-0.4, -0.2) is 14.8 Å². The third-order valence-electron chi connectivity index (χ3n) is 2.38. The topological polar surface area (TPSA) is 63.8 Å². The third-order valence-corrected chi connectivity index (χ3v) is 2.55. The molecule has 0 unspecified atom stereocenters. The lowest BCUT2D eigenvalue weighted by atomic mass is 10.2. The monoisotopic (exact) mass is 237 g/mol. The molecular weight excluding hydrogens is 226 g/mol. The highest BCUT2D eigenvalue weighted by atomic mass is 32.1.